The molecule has 5 nitrogen and oxygen atoms in total. The van der Waals surface area contributed by atoms with Gasteiger partial charge in [0, 0.05) is 12.1 Å². The quantitative estimate of drug-likeness (QED) is 0.893. The van der Waals surface area contributed by atoms with Crippen LogP contribution in [0.1, 0.15) is 40.2 Å². The van der Waals surface area contributed by atoms with E-state index >= 15 is 0 Å². The maximum Gasteiger partial charge on any atom is 0.313 e. The Morgan fingerprint density at radius 3 is 2.42 bits per heavy atom. The highest BCUT2D eigenvalue weighted by Gasteiger charge is 2.54. The first-order chi connectivity index (χ1) is 12.6. The van der Waals surface area contributed by atoms with Crippen molar-refractivity contribution in [2.75, 3.05) is 13.1 Å². The first-order valence-electron chi connectivity index (χ1n) is 9.02. The first kappa shape index (κ1) is 16.8. The summed E-state index contributed by atoms with van der Waals surface area (Å²) in [6, 6.07) is 17.0. The molecule has 1 amide bonds. The van der Waals surface area contributed by atoms with Crippen molar-refractivity contribution in [1.82, 2.24) is 10.2 Å². The van der Waals surface area contributed by atoms with Gasteiger partial charge in [-0.15, -0.1) is 0 Å². The van der Waals surface area contributed by atoms with E-state index in [4.69, 9.17) is 0 Å². The number of amides is 1. The number of fused-ring (bicyclic) bond motifs is 1. The van der Waals surface area contributed by atoms with Crippen LogP contribution in [0.5, 0.6) is 0 Å². The van der Waals surface area contributed by atoms with E-state index in [0.29, 0.717) is 43.6 Å². The van der Waals surface area contributed by atoms with Crippen LogP contribution in [0.25, 0.3) is 0 Å². The molecule has 1 unspecified atom stereocenters. The monoisotopic (exact) mass is 350 g/mol. The zero-order chi connectivity index (χ0) is 18.1. The summed E-state index contributed by atoms with van der Waals surface area (Å²) in [6.07, 6.45) is 1.27. The molecule has 2 N–H and O–H groups in total. The van der Waals surface area contributed by atoms with Gasteiger partial charge in [0.2, 0.25) is 0 Å². The van der Waals surface area contributed by atoms with Gasteiger partial charge < -0.3 is 15.3 Å². The molecule has 1 atom stereocenters. The molecule has 0 radical (unpaired) electrons. The molecule has 1 fully saturated rings. The van der Waals surface area contributed by atoms with Gasteiger partial charge in [-0.25, -0.2) is 0 Å². The average molecular weight is 350 g/mol. The van der Waals surface area contributed by atoms with Crippen LogP contribution in [-0.2, 0) is 11.3 Å². The summed E-state index contributed by atoms with van der Waals surface area (Å²) in [7, 11) is 0. The number of carbonyl (C=O) groups is 2. The molecule has 26 heavy (non-hydrogen) atoms. The van der Waals surface area contributed by atoms with Crippen molar-refractivity contribution in [2.24, 2.45) is 0 Å². The van der Waals surface area contributed by atoms with Gasteiger partial charge >= 0.3 is 5.97 Å². The van der Waals surface area contributed by atoms with Gasteiger partial charge in [0.1, 0.15) is 5.92 Å². The minimum atomic E-state index is -0.857. The lowest BCUT2D eigenvalue weighted by molar-refractivity contribution is -0.144. The Labute approximate surface area is 152 Å². The average Bonchev–Trinajstić information content (AvgIpc) is 2.67. The molecule has 0 aromatic heterocycles. The lowest BCUT2D eigenvalue weighted by Gasteiger charge is -2.53. The standard InChI is InChI=1S/C21H22N2O3/c24-19-17-9-5-4-8-16(17)18(20(25)26)21(10-12-22-13-11-21)23(19)14-15-6-2-1-3-7-15/h1-9,18,22H,10-14H2,(H,25,26). The molecule has 0 saturated carbocycles. The molecule has 0 aliphatic carbocycles. The van der Waals surface area contributed by atoms with E-state index in [-0.39, 0.29) is 5.91 Å². The summed E-state index contributed by atoms with van der Waals surface area (Å²) in [5, 5.41) is 13.4. The maximum absolute atomic E-state index is 13.4. The highest BCUT2D eigenvalue weighted by molar-refractivity contribution is 6.01. The SMILES string of the molecule is O=C(O)C1c2ccccc2C(=O)N(Cc2ccccc2)C12CCNCC2. The first-order valence-corrected chi connectivity index (χ1v) is 9.02. The predicted octanol–water partition coefficient (Wildman–Crippen LogP) is 2.63. The summed E-state index contributed by atoms with van der Waals surface area (Å²) in [6.45, 7) is 1.85. The fraction of sp³-hybridized carbons (Fsp3) is 0.333. The molecular formula is C21H22N2O3. The molecule has 2 aromatic carbocycles. The van der Waals surface area contributed by atoms with E-state index in [9.17, 15) is 14.7 Å². The summed E-state index contributed by atoms with van der Waals surface area (Å²) >= 11 is 0. The van der Waals surface area contributed by atoms with Crippen LogP contribution in [0.2, 0.25) is 0 Å². The lowest BCUT2D eigenvalue weighted by atomic mass is 9.68. The normalized spacial score (nSPS) is 21.5. The highest BCUT2D eigenvalue weighted by Crippen LogP contribution is 2.46. The van der Waals surface area contributed by atoms with Gasteiger partial charge in [0.15, 0.2) is 0 Å². The Morgan fingerprint density at radius 1 is 1.08 bits per heavy atom. The van der Waals surface area contributed by atoms with Crippen molar-refractivity contribution in [2.45, 2.75) is 30.8 Å². The van der Waals surface area contributed by atoms with Crippen molar-refractivity contribution in [1.29, 1.82) is 0 Å². The summed E-state index contributed by atoms with van der Waals surface area (Å²) in [5.74, 6) is -1.63. The molecular weight excluding hydrogens is 328 g/mol. The van der Waals surface area contributed by atoms with Crippen LogP contribution >= 0.6 is 0 Å². The minimum Gasteiger partial charge on any atom is -0.481 e. The minimum absolute atomic E-state index is 0.0659. The Morgan fingerprint density at radius 2 is 1.73 bits per heavy atom. The van der Waals surface area contributed by atoms with E-state index in [1.807, 2.05) is 41.3 Å². The number of benzene rings is 2. The van der Waals surface area contributed by atoms with Crippen molar-refractivity contribution < 1.29 is 14.7 Å². The largest absolute Gasteiger partial charge is 0.481 e. The Kier molecular flexibility index (Phi) is 4.24. The van der Waals surface area contributed by atoms with Gasteiger partial charge in [-0.1, -0.05) is 48.5 Å². The lowest BCUT2D eigenvalue weighted by Crippen LogP contribution is -2.63. The maximum atomic E-state index is 13.4. The van der Waals surface area contributed by atoms with Gasteiger partial charge in [-0.05, 0) is 43.1 Å². The molecule has 2 aliphatic heterocycles. The van der Waals surface area contributed by atoms with E-state index in [0.717, 1.165) is 5.56 Å². The third kappa shape index (κ3) is 2.59. The molecule has 4 rings (SSSR count). The third-order valence-corrected chi connectivity index (χ3v) is 5.72. The summed E-state index contributed by atoms with van der Waals surface area (Å²) < 4.78 is 0. The zero-order valence-corrected chi connectivity index (χ0v) is 14.5. The number of nitrogens with one attached hydrogen (secondary N) is 1. The summed E-state index contributed by atoms with van der Waals surface area (Å²) in [4.78, 5) is 27.5. The van der Waals surface area contributed by atoms with E-state index in [1.54, 1.807) is 18.2 Å². The van der Waals surface area contributed by atoms with Crippen molar-refractivity contribution in [3.05, 3.63) is 71.3 Å². The smallest absolute Gasteiger partial charge is 0.313 e. The zero-order valence-electron chi connectivity index (χ0n) is 14.5. The van der Waals surface area contributed by atoms with Crippen molar-refractivity contribution in [3.8, 4) is 0 Å². The van der Waals surface area contributed by atoms with Crippen LogP contribution < -0.4 is 5.32 Å². The number of rotatable bonds is 3. The topological polar surface area (TPSA) is 69.6 Å². The predicted molar refractivity (Wildman–Crippen MR) is 98.0 cm³/mol. The summed E-state index contributed by atoms with van der Waals surface area (Å²) in [5.41, 5.74) is 1.48. The fourth-order valence-electron chi connectivity index (χ4n) is 4.51. The number of carboxylic acids is 1. The third-order valence-electron chi connectivity index (χ3n) is 5.72. The van der Waals surface area contributed by atoms with E-state index in [2.05, 4.69) is 5.32 Å². The van der Waals surface area contributed by atoms with Crippen LogP contribution in [0, 0.1) is 0 Å². The molecule has 0 bridgehead atoms. The fourth-order valence-corrected chi connectivity index (χ4v) is 4.51. The second-order valence-electron chi connectivity index (χ2n) is 7.09. The number of hydrogen-bond donors (Lipinski definition) is 2. The Bertz CT molecular complexity index is 828. The number of carboxylic acid groups (broad SMARTS) is 1. The van der Waals surface area contributed by atoms with Crippen LogP contribution in [0.3, 0.4) is 0 Å². The second kappa shape index (κ2) is 6.57. The Balaban J connectivity index is 1.87. The van der Waals surface area contributed by atoms with E-state index < -0.39 is 17.4 Å². The number of piperidine rings is 1. The van der Waals surface area contributed by atoms with Gasteiger partial charge in [0.05, 0.1) is 5.54 Å². The van der Waals surface area contributed by atoms with Gasteiger partial charge in [-0.2, -0.15) is 0 Å². The van der Waals surface area contributed by atoms with Crippen LogP contribution in [0.4, 0.5) is 0 Å². The number of carbonyl (C=O) groups excluding carboxylic acids is 1. The van der Waals surface area contributed by atoms with Gasteiger partial charge in [0.25, 0.3) is 5.91 Å². The highest BCUT2D eigenvalue weighted by atomic mass is 16.4. The van der Waals surface area contributed by atoms with Crippen LogP contribution in [-0.4, -0.2) is 40.5 Å². The molecule has 2 aliphatic rings. The molecule has 1 spiro atoms. The van der Waals surface area contributed by atoms with Crippen molar-refractivity contribution >= 4 is 11.9 Å². The Hall–Kier alpha value is -2.66. The molecule has 2 heterocycles. The van der Waals surface area contributed by atoms with Crippen LogP contribution in [0.15, 0.2) is 54.6 Å². The molecule has 134 valence electrons. The number of aliphatic carboxylic acids is 1. The van der Waals surface area contributed by atoms with Gasteiger partial charge in [-0.3, -0.25) is 9.59 Å². The molecule has 5 heteroatoms. The second-order valence-corrected chi connectivity index (χ2v) is 7.09. The molecule has 1 saturated heterocycles. The van der Waals surface area contributed by atoms with Crippen molar-refractivity contribution in [3.63, 3.8) is 0 Å². The van der Waals surface area contributed by atoms with E-state index in [1.165, 1.54) is 0 Å². The number of nitrogens with zero attached hydrogens (tertiary/aromatic N) is 1. The molecule has 2 aromatic rings. The number of hydrogen-bond acceptors (Lipinski definition) is 3.